The summed E-state index contributed by atoms with van der Waals surface area (Å²) in [5.74, 6) is -7.89. The molecule has 0 radical (unpaired) electrons. The van der Waals surface area contributed by atoms with Crippen molar-refractivity contribution in [1.29, 1.82) is 0 Å². The number of likely N-dealkylation sites (tertiary alicyclic amines) is 1. The minimum atomic E-state index is -1.54. The van der Waals surface area contributed by atoms with Crippen molar-refractivity contribution in [2.24, 2.45) is 34.6 Å². The molecule has 20 nitrogen and oxygen atoms in total. The van der Waals surface area contributed by atoms with Crippen LogP contribution in [0.2, 0.25) is 0 Å². The summed E-state index contributed by atoms with van der Waals surface area (Å²) in [7, 11) is 0.421. The lowest BCUT2D eigenvalue weighted by molar-refractivity contribution is -0.165. The van der Waals surface area contributed by atoms with Gasteiger partial charge in [0, 0.05) is 87.9 Å². The number of aromatic hydroxyl groups is 1. The molecule has 406 valence electrons. The molecule has 9 atom stereocenters. The van der Waals surface area contributed by atoms with Crippen molar-refractivity contribution in [3.8, 4) is 11.5 Å². The van der Waals surface area contributed by atoms with Crippen molar-refractivity contribution in [2.45, 2.75) is 143 Å². The van der Waals surface area contributed by atoms with Gasteiger partial charge in [-0.05, 0) is 38.7 Å². The van der Waals surface area contributed by atoms with Crippen LogP contribution < -0.4 is 20.7 Å². The first-order valence-corrected chi connectivity index (χ1v) is 26.7. The molecule has 4 aliphatic heterocycles. The standard InChI is InChI=1S/C52H73N5O15P2/c1-26(2)24-57-19-17-52(18-20-57)55-41-39-34(25-58)49-32(8)45(63)40(39)46(64)43(42(41)56-52)54-50(65)28(4)15-13-14-27(3)47(71-37(61)23-53-36(60)22-38(73-66)74-67)30(6)44(62)31(7)48(70-33(9)59)29(5)35(68-12)16-21-69-51(10,11)72-49/h13-16,21,25-27,29-31,35,38,42,44,47-48,56,62-64H,17-20,22-24H2,1-12H3,(H,53,60)(H,54,65)/b14-13+,21-16+,28-15-/t27-,29+,30-,31+,35-,42?,44+,47-,48+/m0/s1. The molecule has 1 fully saturated rings. The molecular formula is C52H73N5O15P2. The molecule has 0 aromatic heterocycles. The number of phenols is 1. The Kier molecular flexibility index (Phi) is 20.5. The van der Waals surface area contributed by atoms with Crippen molar-refractivity contribution in [2.75, 3.05) is 33.3 Å². The van der Waals surface area contributed by atoms with Crippen LogP contribution in [-0.2, 0) is 47.3 Å². The quantitative estimate of drug-likeness (QED) is 0.0748. The fourth-order valence-corrected chi connectivity index (χ4v) is 10.7. The Bertz CT molecular complexity index is 2460. The summed E-state index contributed by atoms with van der Waals surface area (Å²) in [6.45, 7) is 20.3. The zero-order valence-electron chi connectivity index (χ0n) is 44.3. The predicted octanol–water partition coefficient (Wildman–Crippen LogP) is 6.42. The van der Waals surface area contributed by atoms with Gasteiger partial charge in [0.1, 0.15) is 47.1 Å². The molecule has 6 rings (SSSR count). The maximum Gasteiger partial charge on any atom is 0.325 e. The second kappa shape index (κ2) is 25.5. The van der Waals surface area contributed by atoms with E-state index in [9.17, 15) is 48.4 Å². The van der Waals surface area contributed by atoms with E-state index in [4.69, 9.17) is 28.7 Å². The fourth-order valence-electron chi connectivity index (χ4n) is 10.1. The molecule has 1 spiro atoms. The lowest BCUT2D eigenvalue weighted by Gasteiger charge is -2.39. The molecule has 0 saturated carbocycles. The van der Waals surface area contributed by atoms with Gasteiger partial charge in [-0.1, -0.05) is 59.8 Å². The number of piperidine rings is 1. The number of rotatable bonds is 12. The number of hydrogen-bond acceptors (Lipinski definition) is 18. The summed E-state index contributed by atoms with van der Waals surface area (Å²) >= 11 is 0. The van der Waals surface area contributed by atoms with Crippen LogP contribution in [0.15, 0.2) is 46.8 Å². The van der Waals surface area contributed by atoms with Crippen LogP contribution in [0.25, 0.3) is 5.76 Å². The molecule has 6 N–H and O–H groups in total. The van der Waals surface area contributed by atoms with Gasteiger partial charge in [0.2, 0.25) is 11.7 Å². The number of ether oxygens (including phenoxy) is 5. The van der Waals surface area contributed by atoms with Crippen molar-refractivity contribution in [1.82, 2.24) is 20.9 Å². The Balaban J connectivity index is 1.64. The van der Waals surface area contributed by atoms with Gasteiger partial charge in [0.05, 0.1) is 53.5 Å². The van der Waals surface area contributed by atoms with E-state index in [0.29, 0.717) is 43.8 Å². The minimum Gasteiger partial charge on any atom is -0.507 e. The number of benzene rings is 1. The maximum absolute atomic E-state index is 14.2. The van der Waals surface area contributed by atoms with Gasteiger partial charge in [-0.25, -0.2) is 0 Å². The average molecular weight is 1070 g/mol. The van der Waals surface area contributed by atoms with Crippen molar-refractivity contribution < 1.29 is 72.1 Å². The number of methoxy groups -OCH3 is 1. The maximum atomic E-state index is 14.2. The molecule has 1 aromatic rings. The number of fused-ring (bicyclic) bond motifs is 17. The number of aliphatic hydroxyl groups excluding tert-OH is 2. The number of phenolic OH excluding ortho intramolecular Hbond substituents is 1. The minimum absolute atomic E-state index is 0.00750. The Labute approximate surface area is 436 Å². The van der Waals surface area contributed by atoms with Gasteiger partial charge in [-0.15, -0.1) is 0 Å². The van der Waals surface area contributed by atoms with Crippen LogP contribution in [0.3, 0.4) is 0 Å². The number of allylic oxidation sites excluding steroid dienone is 2. The van der Waals surface area contributed by atoms with Crippen molar-refractivity contribution >= 4 is 58.4 Å². The summed E-state index contributed by atoms with van der Waals surface area (Å²) in [5, 5.41) is 44.2. The van der Waals surface area contributed by atoms with Crippen LogP contribution >= 0.6 is 16.9 Å². The number of esters is 2. The summed E-state index contributed by atoms with van der Waals surface area (Å²) in [5.41, 5.74) is -0.270. The van der Waals surface area contributed by atoms with Gasteiger partial charge >= 0.3 is 11.9 Å². The predicted molar refractivity (Wildman–Crippen MR) is 276 cm³/mol. The highest BCUT2D eigenvalue weighted by Gasteiger charge is 2.50. The summed E-state index contributed by atoms with van der Waals surface area (Å²) in [6.07, 6.45) is 4.75. The molecule has 1 saturated heterocycles. The SMILES string of the molecule is CO[C@H]1/C=C/OC(C)(C)Oc2c(C)c(O)c3c(c2C=O)C2=NC4(CCN(CC(C)C)CC4)NC2C(=C3O)NC(=O)/C(C)=C\C=C\[C@H](C)[C@H](OC(=O)CNC(=O)CC(P=O)P=O)[C@@H](C)[C@@H](O)[C@@H](C)[C@H](OC(C)=O)[C@@H]1C. The third-order valence-electron chi connectivity index (χ3n) is 14.1. The molecule has 74 heavy (non-hydrogen) atoms. The number of nitrogens with zero attached hydrogens (tertiary/aromatic N) is 2. The number of carbonyl (C=O) groups is 5. The van der Waals surface area contributed by atoms with E-state index >= 15 is 0 Å². The van der Waals surface area contributed by atoms with E-state index < -0.39 is 130 Å². The van der Waals surface area contributed by atoms with E-state index in [-0.39, 0.29) is 45.7 Å². The summed E-state index contributed by atoms with van der Waals surface area (Å²) < 4.78 is 52.8. The number of aldehydes is 1. The lowest BCUT2D eigenvalue weighted by atomic mass is 9.78. The molecule has 1 unspecified atom stereocenters. The second-order valence-corrected chi connectivity index (χ2v) is 22.7. The van der Waals surface area contributed by atoms with Gasteiger partial charge in [-0.3, -0.25) is 43.4 Å². The smallest absolute Gasteiger partial charge is 0.325 e. The molecule has 4 bridgehead atoms. The molecule has 1 aliphatic carbocycles. The van der Waals surface area contributed by atoms with E-state index in [2.05, 4.69) is 34.7 Å². The lowest BCUT2D eigenvalue weighted by Crippen LogP contribution is -2.54. The summed E-state index contributed by atoms with van der Waals surface area (Å²) in [6, 6.07) is -0.944. The Morgan fingerprint density at radius 1 is 1.00 bits per heavy atom. The van der Waals surface area contributed by atoms with E-state index in [1.807, 2.05) is 0 Å². The molecule has 5 aliphatic rings. The number of aliphatic imine (C=N–C) groups is 1. The largest absolute Gasteiger partial charge is 0.507 e. The number of amides is 2. The fraction of sp³-hybridized carbons (Fsp3) is 0.615. The molecule has 4 heterocycles. The van der Waals surface area contributed by atoms with E-state index in [0.717, 1.165) is 6.54 Å². The zero-order chi connectivity index (χ0) is 55.0. The summed E-state index contributed by atoms with van der Waals surface area (Å²) in [4.78, 5) is 73.8. The first-order chi connectivity index (χ1) is 34.8. The van der Waals surface area contributed by atoms with Gasteiger partial charge < -0.3 is 54.5 Å². The highest BCUT2D eigenvalue weighted by molar-refractivity contribution is 7.44. The van der Waals surface area contributed by atoms with Gasteiger partial charge in [-0.2, -0.15) is 0 Å². The average Bonchev–Trinajstić information content (AvgIpc) is 3.72. The molecular weight excluding hydrogens is 997 g/mol. The van der Waals surface area contributed by atoms with Crippen LogP contribution in [0.4, 0.5) is 0 Å². The third kappa shape index (κ3) is 13.9. The van der Waals surface area contributed by atoms with Gasteiger partial charge in [0.15, 0.2) is 23.2 Å². The van der Waals surface area contributed by atoms with Crippen LogP contribution in [0.5, 0.6) is 11.5 Å². The number of aliphatic hydroxyl groups is 2. The Hall–Kier alpha value is -5.36. The topological polar surface area (TPSA) is 278 Å². The molecule has 2 amide bonds. The first-order valence-electron chi connectivity index (χ1n) is 24.9. The second-order valence-electron chi connectivity index (χ2n) is 20.6. The van der Waals surface area contributed by atoms with Crippen molar-refractivity contribution in [3.63, 3.8) is 0 Å². The van der Waals surface area contributed by atoms with Crippen LogP contribution in [0, 0.1) is 36.5 Å². The number of carbonyl (C=O) groups excluding carboxylic acids is 5. The Morgan fingerprint density at radius 3 is 2.24 bits per heavy atom. The monoisotopic (exact) mass is 1070 g/mol. The normalized spacial score (nSPS) is 29.6. The highest BCUT2D eigenvalue weighted by atomic mass is 31.1. The first kappa shape index (κ1) is 59.5. The third-order valence-corrected chi connectivity index (χ3v) is 15.5. The van der Waals surface area contributed by atoms with Crippen molar-refractivity contribution in [3.05, 3.63) is 64.1 Å². The zero-order valence-corrected chi connectivity index (χ0v) is 46.1. The number of hydrogen-bond donors (Lipinski definition) is 6. The molecule has 22 heteroatoms. The highest BCUT2D eigenvalue weighted by Crippen LogP contribution is 2.48. The van der Waals surface area contributed by atoms with Crippen LogP contribution in [0.1, 0.15) is 116 Å². The van der Waals surface area contributed by atoms with Gasteiger partial charge in [0.25, 0.3) is 5.91 Å². The van der Waals surface area contributed by atoms with Crippen LogP contribution in [-0.4, -0.2) is 137 Å². The van der Waals surface area contributed by atoms with E-state index in [1.165, 1.54) is 33.3 Å². The van der Waals surface area contributed by atoms with E-state index in [1.54, 1.807) is 66.7 Å². The molecule has 1 aromatic carbocycles. The number of nitrogens with one attached hydrogen (secondary N) is 3. The Morgan fingerprint density at radius 2 is 1.65 bits per heavy atom.